The number of aromatic amines is 1. The summed E-state index contributed by atoms with van der Waals surface area (Å²) in [4.78, 5) is 17.4. The van der Waals surface area contributed by atoms with Crippen LogP contribution in [0.4, 0.5) is 0 Å². The first kappa shape index (κ1) is 11.3. The first-order valence-electron chi connectivity index (χ1n) is 6.67. The van der Waals surface area contributed by atoms with Crippen molar-refractivity contribution < 1.29 is 4.79 Å². The molecule has 0 unspecified atom stereocenters. The van der Waals surface area contributed by atoms with E-state index in [2.05, 4.69) is 10.1 Å². The van der Waals surface area contributed by atoms with Crippen molar-refractivity contribution in [1.29, 1.82) is 0 Å². The lowest BCUT2D eigenvalue weighted by Crippen LogP contribution is -2.50. The van der Waals surface area contributed by atoms with Crippen LogP contribution in [0.1, 0.15) is 16.5 Å². The summed E-state index contributed by atoms with van der Waals surface area (Å²) in [6, 6.07) is 12.0. The average Bonchev–Trinajstić information content (AvgIpc) is 3.05. The van der Waals surface area contributed by atoms with Crippen molar-refractivity contribution in [2.24, 2.45) is 0 Å². The number of fused-ring (bicyclic) bond motifs is 1. The number of rotatable bonds is 2. The zero-order valence-corrected chi connectivity index (χ0v) is 10.9. The largest absolute Gasteiger partial charge is 0.351 e. The number of hydrogen-bond donors (Lipinski definition) is 1. The minimum atomic E-state index is 0.0598. The molecular formula is C15H14N4O. The number of aromatic nitrogens is 3. The van der Waals surface area contributed by atoms with Crippen molar-refractivity contribution in [1.82, 2.24) is 19.7 Å². The second-order valence-corrected chi connectivity index (χ2v) is 5.12. The average molecular weight is 266 g/mol. The molecule has 1 saturated heterocycles. The van der Waals surface area contributed by atoms with Crippen LogP contribution < -0.4 is 0 Å². The lowest BCUT2D eigenvalue weighted by Gasteiger charge is -2.38. The summed E-state index contributed by atoms with van der Waals surface area (Å²) < 4.78 is 1.91. The number of carbonyl (C=O) groups excluding carboxylic acids is 1. The first-order chi connectivity index (χ1) is 9.81. The van der Waals surface area contributed by atoms with Crippen molar-refractivity contribution in [2.45, 2.75) is 6.04 Å². The zero-order chi connectivity index (χ0) is 13.5. The van der Waals surface area contributed by atoms with Gasteiger partial charge in [0.15, 0.2) is 0 Å². The number of amides is 1. The molecule has 2 aromatic heterocycles. The van der Waals surface area contributed by atoms with Gasteiger partial charge in [0.25, 0.3) is 5.91 Å². The number of carbonyl (C=O) groups is 1. The Morgan fingerprint density at radius 2 is 2.10 bits per heavy atom. The predicted octanol–water partition coefficient (Wildman–Crippen LogP) is 2.06. The van der Waals surface area contributed by atoms with Crippen LogP contribution in [-0.2, 0) is 0 Å². The number of nitrogens with one attached hydrogen (secondary N) is 1. The SMILES string of the molecule is O=C(c1cc2ccccc2[nH]1)N1CC(n2cccn2)C1. The van der Waals surface area contributed by atoms with Gasteiger partial charge in [-0.15, -0.1) is 0 Å². The van der Waals surface area contributed by atoms with Gasteiger partial charge in [0.05, 0.1) is 6.04 Å². The number of H-pyrrole nitrogens is 1. The Kier molecular flexibility index (Phi) is 2.39. The maximum absolute atomic E-state index is 12.4. The van der Waals surface area contributed by atoms with E-state index < -0.39 is 0 Å². The van der Waals surface area contributed by atoms with E-state index in [1.807, 2.05) is 52.2 Å². The summed E-state index contributed by atoms with van der Waals surface area (Å²) in [6.45, 7) is 1.44. The highest BCUT2D eigenvalue weighted by Gasteiger charge is 2.33. The van der Waals surface area contributed by atoms with Crippen molar-refractivity contribution in [3.63, 3.8) is 0 Å². The summed E-state index contributed by atoms with van der Waals surface area (Å²) in [7, 11) is 0. The Morgan fingerprint density at radius 1 is 1.25 bits per heavy atom. The lowest BCUT2D eigenvalue weighted by atomic mass is 10.1. The Bertz CT molecular complexity index is 720. The number of hydrogen-bond acceptors (Lipinski definition) is 2. The molecule has 1 fully saturated rings. The summed E-state index contributed by atoms with van der Waals surface area (Å²) in [6.07, 6.45) is 3.71. The molecule has 5 heteroatoms. The van der Waals surface area contributed by atoms with Gasteiger partial charge in [-0.1, -0.05) is 18.2 Å². The molecule has 0 radical (unpaired) electrons. The summed E-state index contributed by atoms with van der Waals surface area (Å²) in [5, 5.41) is 5.28. The van der Waals surface area contributed by atoms with Crippen LogP contribution in [0, 0.1) is 0 Å². The van der Waals surface area contributed by atoms with Gasteiger partial charge in [-0.3, -0.25) is 9.48 Å². The highest BCUT2D eigenvalue weighted by molar-refractivity contribution is 5.98. The van der Waals surface area contributed by atoms with Crippen LogP contribution in [0.25, 0.3) is 10.9 Å². The molecule has 20 heavy (non-hydrogen) atoms. The fraction of sp³-hybridized carbons (Fsp3) is 0.200. The van der Waals surface area contributed by atoms with Crippen LogP contribution >= 0.6 is 0 Å². The molecule has 1 aliphatic heterocycles. The van der Waals surface area contributed by atoms with Crippen molar-refractivity contribution >= 4 is 16.8 Å². The topological polar surface area (TPSA) is 53.9 Å². The second-order valence-electron chi connectivity index (χ2n) is 5.12. The number of likely N-dealkylation sites (tertiary alicyclic amines) is 1. The first-order valence-corrected chi connectivity index (χ1v) is 6.67. The van der Waals surface area contributed by atoms with E-state index in [4.69, 9.17) is 0 Å². The summed E-state index contributed by atoms with van der Waals surface area (Å²) in [5.41, 5.74) is 1.66. The Hall–Kier alpha value is -2.56. The van der Waals surface area contributed by atoms with Gasteiger partial charge in [-0.2, -0.15) is 5.10 Å². The quantitative estimate of drug-likeness (QED) is 0.772. The van der Waals surface area contributed by atoms with Crippen LogP contribution in [0.2, 0.25) is 0 Å². The third-order valence-corrected chi connectivity index (χ3v) is 3.81. The molecule has 0 aliphatic carbocycles. The standard InChI is InChI=1S/C15H14N4O/c20-15(14-8-11-4-1-2-5-13(11)17-14)18-9-12(10-18)19-7-3-6-16-19/h1-8,12,17H,9-10H2. The van der Waals surface area contributed by atoms with Gasteiger partial charge < -0.3 is 9.88 Å². The van der Waals surface area contributed by atoms with Gasteiger partial charge in [0, 0.05) is 36.4 Å². The van der Waals surface area contributed by atoms with E-state index >= 15 is 0 Å². The smallest absolute Gasteiger partial charge is 0.270 e. The van der Waals surface area contributed by atoms with E-state index in [0.717, 1.165) is 24.0 Å². The Labute approximate surface area is 115 Å². The second kappa shape index (κ2) is 4.23. The highest BCUT2D eigenvalue weighted by Crippen LogP contribution is 2.23. The number of nitrogens with zero attached hydrogens (tertiary/aromatic N) is 3. The monoisotopic (exact) mass is 266 g/mol. The molecule has 3 aromatic rings. The van der Waals surface area contributed by atoms with E-state index in [1.54, 1.807) is 6.20 Å². The van der Waals surface area contributed by atoms with Gasteiger partial charge in [-0.05, 0) is 18.2 Å². The molecule has 1 aromatic carbocycles. The molecule has 4 rings (SSSR count). The summed E-state index contributed by atoms with van der Waals surface area (Å²) >= 11 is 0. The molecule has 5 nitrogen and oxygen atoms in total. The van der Waals surface area contributed by atoms with E-state index in [9.17, 15) is 4.79 Å². The molecule has 100 valence electrons. The van der Waals surface area contributed by atoms with Crippen LogP contribution in [-0.4, -0.2) is 38.7 Å². The van der Waals surface area contributed by atoms with Gasteiger partial charge in [0.2, 0.25) is 0 Å². The molecule has 0 bridgehead atoms. The molecule has 0 spiro atoms. The molecule has 1 N–H and O–H groups in total. The minimum absolute atomic E-state index is 0.0598. The lowest BCUT2D eigenvalue weighted by molar-refractivity contribution is 0.0496. The van der Waals surface area contributed by atoms with E-state index in [1.165, 1.54) is 0 Å². The molecule has 0 saturated carbocycles. The number of benzene rings is 1. The van der Waals surface area contributed by atoms with Gasteiger partial charge >= 0.3 is 0 Å². The Balaban J connectivity index is 1.51. The van der Waals surface area contributed by atoms with E-state index in [0.29, 0.717) is 11.7 Å². The van der Waals surface area contributed by atoms with Crippen LogP contribution in [0.3, 0.4) is 0 Å². The van der Waals surface area contributed by atoms with Crippen molar-refractivity contribution in [3.8, 4) is 0 Å². The Morgan fingerprint density at radius 3 is 2.85 bits per heavy atom. The van der Waals surface area contributed by atoms with Crippen LogP contribution in [0.5, 0.6) is 0 Å². The highest BCUT2D eigenvalue weighted by atomic mass is 16.2. The third kappa shape index (κ3) is 1.71. The third-order valence-electron chi connectivity index (χ3n) is 3.81. The molecule has 1 amide bonds. The zero-order valence-electron chi connectivity index (χ0n) is 10.9. The van der Waals surface area contributed by atoms with Crippen LogP contribution in [0.15, 0.2) is 48.8 Å². The minimum Gasteiger partial charge on any atom is -0.351 e. The molecule has 0 atom stereocenters. The van der Waals surface area contributed by atoms with Crippen molar-refractivity contribution in [3.05, 3.63) is 54.5 Å². The summed E-state index contributed by atoms with van der Waals surface area (Å²) in [5.74, 6) is 0.0598. The fourth-order valence-electron chi connectivity index (χ4n) is 2.64. The predicted molar refractivity (Wildman–Crippen MR) is 75.5 cm³/mol. The fourth-order valence-corrected chi connectivity index (χ4v) is 2.64. The normalized spacial score (nSPS) is 15.5. The van der Waals surface area contributed by atoms with E-state index in [-0.39, 0.29) is 5.91 Å². The van der Waals surface area contributed by atoms with Gasteiger partial charge in [-0.25, -0.2) is 0 Å². The number of para-hydroxylation sites is 1. The maximum atomic E-state index is 12.4. The van der Waals surface area contributed by atoms with Crippen molar-refractivity contribution in [2.75, 3.05) is 13.1 Å². The van der Waals surface area contributed by atoms with Gasteiger partial charge in [0.1, 0.15) is 5.69 Å². The molecule has 3 heterocycles. The maximum Gasteiger partial charge on any atom is 0.270 e. The molecular weight excluding hydrogens is 252 g/mol. The molecule has 1 aliphatic rings.